The van der Waals surface area contributed by atoms with E-state index in [4.69, 9.17) is 15.2 Å². The first-order valence-electron chi connectivity index (χ1n) is 8.73. The molecule has 0 amide bonds. The van der Waals surface area contributed by atoms with Gasteiger partial charge in [0.1, 0.15) is 0 Å². The number of guanidine groups is 1. The number of rotatable bonds is 9. The van der Waals surface area contributed by atoms with Gasteiger partial charge < -0.3 is 20.5 Å². The Balaban J connectivity index is 1.48. The highest BCUT2D eigenvalue weighted by Crippen LogP contribution is 2.16. The van der Waals surface area contributed by atoms with Crippen molar-refractivity contribution in [2.75, 3.05) is 52.6 Å². The number of nitrogens with two attached hydrogens (primary N) is 1. The topological polar surface area (TPSA) is 72.1 Å². The van der Waals surface area contributed by atoms with E-state index in [0.29, 0.717) is 17.9 Å². The van der Waals surface area contributed by atoms with E-state index in [2.05, 4.69) is 22.1 Å². The molecule has 0 bridgehead atoms. The van der Waals surface area contributed by atoms with E-state index < -0.39 is 0 Å². The first-order chi connectivity index (χ1) is 10.8. The smallest absolute Gasteiger partial charge is 0.188 e. The van der Waals surface area contributed by atoms with Crippen molar-refractivity contribution in [3.8, 4) is 0 Å². The molecule has 0 aromatic heterocycles. The summed E-state index contributed by atoms with van der Waals surface area (Å²) in [5.41, 5.74) is 5.92. The number of nitrogens with one attached hydrogen (secondary N) is 1. The lowest BCUT2D eigenvalue weighted by molar-refractivity contribution is 0.0888. The molecule has 22 heavy (non-hydrogen) atoms. The molecule has 0 saturated carbocycles. The molecule has 0 aromatic carbocycles. The van der Waals surface area contributed by atoms with Crippen LogP contribution in [0, 0.1) is 5.92 Å². The maximum absolute atomic E-state index is 5.92. The van der Waals surface area contributed by atoms with Gasteiger partial charge in [-0.2, -0.15) is 0 Å². The maximum atomic E-state index is 5.92. The van der Waals surface area contributed by atoms with Gasteiger partial charge in [-0.15, -0.1) is 0 Å². The van der Waals surface area contributed by atoms with Crippen molar-refractivity contribution < 1.29 is 9.47 Å². The molecule has 128 valence electrons. The Kier molecular flexibility index (Phi) is 7.98. The fraction of sp³-hybridized carbons (Fsp3) is 0.938. The first kappa shape index (κ1) is 17.5. The van der Waals surface area contributed by atoms with Gasteiger partial charge in [0.2, 0.25) is 0 Å². The van der Waals surface area contributed by atoms with E-state index in [9.17, 15) is 0 Å². The van der Waals surface area contributed by atoms with Gasteiger partial charge in [-0.3, -0.25) is 9.89 Å². The van der Waals surface area contributed by atoms with Gasteiger partial charge in [-0.1, -0.05) is 6.92 Å². The van der Waals surface area contributed by atoms with Gasteiger partial charge in [0.05, 0.1) is 19.8 Å². The number of nitrogens with zero attached hydrogens (tertiary/aromatic N) is 2. The standard InChI is InChI=1S/C16H32N4O2/c1-2-20-8-3-5-15(20)11-19-16(17)18-7-4-9-21-12-14-6-10-22-13-14/h14-15H,2-13H2,1H3,(H3,17,18,19). The minimum atomic E-state index is 0.562. The molecule has 0 radical (unpaired) electrons. The molecule has 2 saturated heterocycles. The predicted octanol–water partition coefficient (Wildman–Crippen LogP) is 0.818. The number of likely N-dealkylation sites (tertiary alicyclic amines) is 1. The van der Waals surface area contributed by atoms with E-state index >= 15 is 0 Å². The Morgan fingerprint density at radius 2 is 2.36 bits per heavy atom. The zero-order valence-electron chi connectivity index (χ0n) is 13.9. The van der Waals surface area contributed by atoms with Crippen molar-refractivity contribution in [2.45, 2.75) is 38.6 Å². The molecular weight excluding hydrogens is 280 g/mol. The van der Waals surface area contributed by atoms with Crippen LogP contribution >= 0.6 is 0 Å². The number of likely N-dealkylation sites (N-methyl/N-ethyl adjacent to an activating group) is 1. The third-order valence-corrected chi connectivity index (χ3v) is 4.53. The molecule has 2 rings (SSSR count). The van der Waals surface area contributed by atoms with Gasteiger partial charge in [-0.05, 0) is 38.8 Å². The lowest BCUT2D eigenvalue weighted by Gasteiger charge is -2.20. The van der Waals surface area contributed by atoms with Crippen molar-refractivity contribution >= 4 is 5.96 Å². The first-order valence-corrected chi connectivity index (χ1v) is 8.73. The maximum Gasteiger partial charge on any atom is 0.188 e. The van der Waals surface area contributed by atoms with Crippen LogP contribution in [0.15, 0.2) is 4.99 Å². The summed E-state index contributed by atoms with van der Waals surface area (Å²) in [7, 11) is 0. The van der Waals surface area contributed by atoms with Gasteiger partial charge in [0.25, 0.3) is 0 Å². The van der Waals surface area contributed by atoms with Crippen molar-refractivity contribution in [1.29, 1.82) is 0 Å². The van der Waals surface area contributed by atoms with Gasteiger partial charge in [-0.25, -0.2) is 0 Å². The van der Waals surface area contributed by atoms with Gasteiger partial charge in [0.15, 0.2) is 5.96 Å². The van der Waals surface area contributed by atoms with Crippen LogP contribution in [0.5, 0.6) is 0 Å². The average Bonchev–Trinajstić information content (AvgIpc) is 3.19. The highest BCUT2D eigenvalue weighted by molar-refractivity contribution is 5.77. The molecule has 2 unspecified atom stereocenters. The van der Waals surface area contributed by atoms with Crippen molar-refractivity contribution in [3.05, 3.63) is 0 Å². The molecule has 6 heteroatoms. The normalized spacial score (nSPS) is 26.7. The molecule has 0 aliphatic carbocycles. The van der Waals surface area contributed by atoms with Crippen molar-refractivity contribution in [2.24, 2.45) is 16.6 Å². The average molecular weight is 312 g/mol. The predicted molar refractivity (Wildman–Crippen MR) is 89.1 cm³/mol. The van der Waals surface area contributed by atoms with Crippen LogP contribution in [0.1, 0.15) is 32.6 Å². The summed E-state index contributed by atoms with van der Waals surface area (Å²) in [6, 6.07) is 0.572. The molecule has 2 atom stereocenters. The monoisotopic (exact) mass is 312 g/mol. The van der Waals surface area contributed by atoms with Crippen molar-refractivity contribution in [1.82, 2.24) is 10.2 Å². The SMILES string of the molecule is CCN1CCCC1CN=C(N)NCCCOCC1CCOC1. The quantitative estimate of drug-likeness (QED) is 0.375. The molecule has 2 aliphatic heterocycles. The molecule has 3 N–H and O–H groups in total. The van der Waals surface area contributed by atoms with Crippen LogP contribution in [-0.2, 0) is 9.47 Å². The second-order valence-corrected chi connectivity index (χ2v) is 6.24. The van der Waals surface area contributed by atoms with E-state index in [1.165, 1.54) is 19.4 Å². The Labute approximate surface area is 134 Å². The fourth-order valence-electron chi connectivity index (χ4n) is 3.13. The summed E-state index contributed by atoms with van der Waals surface area (Å²) < 4.78 is 11.0. The Bertz CT molecular complexity index is 332. The van der Waals surface area contributed by atoms with Crippen LogP contribution in [-0.4, -0.2) is 69.5 Å². The van der Waals surface area contributed by atoms with Crippen LogP contribution in [0.4, 0.5) is 0 Å². The van der Waals surface area contributed by atoms with E-state index in [-0.39, 0.29) is 0 Å². The minimum absolute atomic E-state index is 0.562. The van der Waals surface area contributed by atoms with E-state index in [1.807, 2.05) is 0 Å². The third-order valence-electron chi connectivity index (χ3n) is 4.53. The molecule has 0 aromatic rings. The third kappa shape index (κ3) is 6.10. The van der Waals surface area contributed by atoms with Gasteiger partial charge >= 0.3 is 0 Å². The van der Waals surface area contributed by atoms with E-state index in [0.717, 1.165) is 58.9 Å². The minimum Gasteiger partial charge on any atom is -0.381 e. The number of hydrogen-bond acceptors (Lipinski definition) is 4. The van der Waals surface area contributed by atoms with E-state index in [1.54, 1.807) is 0 Å². The summed E-state index contributed by atoms with van der Waals surface area (Å²) in [6.07, 6.45) is 4.61. The van der Waals surface area contributed by atoms with Gasteiger partial charge in [0, 0.05) is 31.7 Å². The fourth-order valence-corrected chi connectivity index (χ4v) is 3.13. The summed E-state index contributed by atoms with van der Waals surface area (Å²) in [6.45, 7) is 9.48. The summed E-state index contributed by atoms with van der Waals surface area (Å²) in [5.74, 6) is 1.15. The number of aliphatic imine (C=N–C) groups is 1. The largest absolute Gasteiger partial charge is 0.381 e. The lowest BCUT2D eigenvalue weighted by atomic mass is 10.1. The lowest BCUT2D eigenvalue weighted by Crippen LogP contribution is -2.36. The van der Waals surface area contributed by atoms with Crippen LogP contribution in [0.3, 0.4) is 0 Å². The summed E-state index contributed by atoms with van der Waals surface area (Å²) in [4.78, 5) is 6.95. The Morgan fingerprint density at radius 1 is 1.45 bits per heavy atom. The second-order valence-electron chi connectivity index (χ2n) is 6.24. The molecule has 2 fully saturated rings. The molecular formula is C16H32N4O2. The Hall–Kier alpha value is -0.850. The molecule has 0 spiro atoms. The highest BCUT2D eigenvalue weighted by Gasteiger charge is 2.22. The zero-order chi connectivity index (χ0) is 15.6. The second kappa shape index (κ2) is 10.0. The van der Waals surface area contributed by atoms with Crippen molar-refractivity contribution in [3.63, 3.8) is 0 Å². The molecule has 6 nitrogen and oxygen atoms in total. The van der Waals surface area contributed by atoms with Crippen LogP contribution in [0.2, 0.25) is 0 Å². The summed E-state index contributed by atoms with van der Waals surface area (Å²) >= 11 is 0. The van der Waals surface area contributed by atoms with Crippen LogP contribution in [0.25, 0.3) is 0 Å². The zero-order valence-corrected chi connectivity index (χ0v) is 13.9. The molecule has 2 aliphatic rings. The van der Waals surface area contributed by atoms with Crippen LogP contribution < -0.4 is 11.1 Å². The highest BCUT2D eigenvalue weighted by atomic mass is 16.5. The number of ether oxygens (including phenoxy) is 2. The number of hydrogen-bond donors (Lipinski definition) is 2. The Morgan fingerprint density at radius 3 is 3.14 bits per heavy atom. The summed E-state index contributed by atoms with van der Waals surface area (Å²) in [5, 5.41) is 3.17. The molecule has 2 heterocycles.